The first-order chi connectivity index (χ1) is 4.50. The molecule has 34 valence electrons. The van der Waals surface area contributed by atoms with E-state index in [0.717, 1.165) is 6.42 Å². The van der Waals surface area contributed by atoms with Crippen LogP contribution < -0.4 is 0 Å². The molecule has 3 unspecified atom stereocenters. The number of rotatable bonds is 0. The minimum Gasteiger partial charge on any atom is -0.0499 e. The predicted octanol–water partition coefficient (Wildman–Crippen LogP) is 1.81. The highest BCUT2D eigenvalue weighted by Gasteiger charge is 2.37. The fraction of sp³-hybridized carbons (Fsp3) is 1.00. The van der Waals surface area contributed by atoms with Crippen LogP contribution in [-0.4, -0.2) is 0 Å². The molecule has 2 aliphatic carbocycles. The van der Waals surface area contributed by atoms with E-state index in [1.807, 2.05) is 0 Å². The minimum atomic E-state index is -1.53. The van der Waals surface area contributed by atoms with Gasteiger partial charge in [0.15, 0.2) is 0 Å². The fourth-order valence-corrected chi connectivity index (χ4v) is 0.930. The second kappa shape index (κ2) is 0.800. The van der Waals surface area contributed by atoms with E-state index in [0.29, 0.717) is 6.42 Å². The van der Waals surface area contributed by atoms with Gasteiger partial charge in [-0.3, -0.25) is 0 Å². The molecular weight excluding hydrogens is 72.1 g/mol. The summed E-state index contributed by atoms with van der Waals surface area (Å²) in [6.45, 7) is 0. The molecule has 3 atom stereocenters. The fourth-order valence-electron chi connectivity index (χ4n) is 0.930. The Morgan fingerprint density at radius 1 is 1.67 bits per heavy atom. The highest BCUT2D eigenvalue weighted by atomic mass is 14.4. The molecule has 0 heterocycles. The number of hydrogen-bond acceptors (Lipinski definition) is 0. The second-order valence-corrected chi connectivity index (χ2v) is 1.98. The van der Waals surface area contributed by atoms with Crippen molar-refractivity contribution in [3.05, 3.63) is 0 Å². The SMILES string of the molecule is [2H]C1C2CCC2([2H])C1([2H])[2H]. The Morgan fingerprint density at radius 3 is 2.83 bits per heavy atom. The monoisotopic (exact) mass is 86.1 g/mol. The summed E-state index contributed by atoms with van der Waals surface area (Å²) in [4.78, 5) is 0. The van der Waals surface area contributed by atoms with E-state index in [2.05, 4.69) is 0 Å². The highest BCUT2D eigenvalue weighted by Crippen LogP contribution is 2.49. The molecule has 0 N–H and O–H groups in total. The van der Waals surface area contributed by atoms with Crippen LogP contribution in [0.15, 0.2) is 0 Å². The number of hydrogen-bond donors (Lipinski definition) is 0. The largest absolute Gasteiger partial charge is 0.0499 e. The maximum atomic E-state index is 7.60. The highest BCUT2D eigenvalue weighted by molar-refractivity contribution is 4.89. The third-order valence-corrected chi connectivity index (χ3v) is 1.64. The van der Waals surface area contributed by atoms with Crippen LogP contribution in [0.1, 0.15) is 31.1 Å². The van der Waals surface area contributed by atoms with Crippen LogP contribution in [0.2, 0.25) is 0 Å². The summed E-state index contributed by atoms with van der Waals surface area (Å²) in [5.74, 6) is -0.845. The lowest BCUT2D eigenvalue weighted by atomic mass is 9.60. The van der Waals surface area contributed by atoms with Gasteiger partial charge in [0.05, 0.1) is 0 Å². The van der Waals surface area contributed by atoms with Crippen LogP contribution >= 0.6 is 0 Å². The van der Waals surface area contributed by atoms with Crippen molar-refractivity contribution >= 4 is 0 Å². The van der Waals surface area contributed by atoms with Crippen LogP contribution in [-0.2, 0) is 0 Å². The van der Waals surface area contributed by atoms with Crippen molar-refractivity contribution in [1.82, 2.24) is 0 Å². The minimum absolute atomic E-state index is 0.0301. The Labute approximate surface area is 44.2 Å². The van der Waals surface area contributed by atoms with Gasteiger partial charge >= 0.3 is 0 Å². The molecule has 0 spiro atoms. The summed E-state index contributed by atoms with van der Waals surface area (Å²) in [6.07, 6.45) is -0.619. The summed E-state index contributed by atoms with van der Waals surface area (Å²) in [5.41, 5.74) is 0. The molecule has 0 amide bonds. The van der Waals surface area contributed by atoms with Crippen molar-refractivity contribution in [1.29, 1.82) is 0 Å². The molecule has 6 heavy (non-hydrogen) atoms. The average Bonchev–Trinajstić information content (AvgIpc) is 1.83. The van der Waals surface area contributed by atoms with Crippen molar-refractivity contribution in [3.8, 4) is 0 Å². The molecule has 0 bridgehead atoms. The third-order valence-electron chi connectivity index (χ3n) is 1.64. The number of fused-ring (bicyclic) bond motifs is 1. The molecule has 0 aliphatic heterocycles. The molecular formula is C6H10. The summed E-state index contributed by atoms with van der Waals surface area (Å²) >= 11 is 0. The van der Waals surface area contributed by atoms with Gasteiger partial charge in [0.25, 0.3) is 0 Å². The molecule has 0 aromatic heterocycles. The first-order valence-corrected chi connectivity index (χ1v) is 2.42. The molecule has 2 rings (SSSR count). The van der Waals surface area contributed by atoms with Gasteiger partial charge in [-0.2, -0.15) is 0 Å². The van der Waals surface area contributed by atoms with Gasteiger partial charge in [-0.1, -0.05) is 0 Å². The normalized spacial score (nSPS) is 94.7. The van der Waals surface area contributed by atoms with E-state index in [1.54, 1.807) is 0 Å². The van der Waals surface area contributed by atoms with Gasteiger partial charge < -0.3 is 0 Å². The maximum absolute atomic E-state index is 7.60. The van der Waals surface area contributed by atoms with Crippen molar-refractivity contribution in [2.24, 2.45) is 11.8 Å². The molecule has 0 heteroatoms. The van der Waals surface area contributed by atoms with Gasteiger partial charge in [-0.05, 0) is 37.4 Å². The Kier molecular flexibility index (Phi) is 0.165. The van der Waals surface area contributed by atoms with Gasteiger partial charge in [0, 0.05) is 5.48 Å². The van der Waals surface area contributed by atoms with Crippen LogP contribution in [0, 0.1) is 11.8 Å². The van der Waals surface area contributed by atoms with Crippen LogP contribution in [0.4, 0.5) is 0 Å². The molecule has 0 aromatic rings. The molecule has 0 aromatic carbocycles. The summed E-state index contributed by atoms with van der Waals surface area (Å²) < 4.78 is 29.6. The topological polar surface area (TPSA) is 0 Å². The van der Waals surface area contributed by atoms with Crippen molar-refractivity contribution < 1.29 is 5.48 Å². The molecule has 2 aliphatic rings. The zero-order chi connectivity index (χ0) is 7.57. The summed E-state index contributed by atoms with van der Waals surface area (Å²) in [7, 11) is 0. The zero-order valence-electron chi connectivity index (χ0n) is 7.57. The lowest BCUT2D eigenvalue weighted by Gasteiger charge is -2.46. The third kappa shape index (κ3) is 0.184. The van der Waals surface area contributed by atoms with E-state index in [9.17, 15) is 0 Å². The smallest absolute Gasteiger partial charge is 0.0306 e. The average molecular weight is 86.2 g/mol. The first-order valence-electron chi connectivity index (χ1n) is 4.50. The van der Waals surface area contributed by atoms with Gasteiger partial charge in [0.1, 0.15) is 0 Å². The molecule has 0 nitrogen and oxygen atoms in total. The maximum Gasteiger partial charge on any atom is 0.0306 e. The quantitative estimate of drug-likeness (QED) is 0.421. The van der Waals surface area contributed by atoms with Gasteiger partial charge in [-0.25, -0.2) is 0 Å². The standard InChI is InChI=1S/C6H10/c1-2-6-4-3-5(1)6/h5-6H,1-4H2/i1D,2D2,6D. The molecule has 2 fully saturated rings. The Bertz CT molecular complexity index is 169. The second-order valence-electron chi connectivity index (χ2n) is 1.98. The lowest BCUT2D eigenvalue weighted by molar-refractivity contribution is 0.0548. The van der Waals surface area contributed by atoms with Gasteiger partial charge in [-0.15, -0.1) is 0 Å². The van der Waals surface area contributed by atoms with Crippen LogP contribution in [0.3, 0.4) is 0 Å². The summed E-state index contributed by atoms with van der Waals surface area (Å²) in [6, 6.07) is 0. The Balaban J connectivity index is 2.25. The van der Waals surface area contributed by atoms with E-state index in [-0.39, 0.29) is 5.92 Å². The van der Waals surface area contributed by atoms with E-state index < -0.39 is 18.7 Å². The molecule has 2 saturated carbocycles. The van der Waals surface area contributed by atoms with Crippen molar-refractivity contribution in [2.75, 3.05) is 0 Å². The van der Waals surface area contributed by atoms with Gasteiger partial charge in [0.2, 0.25) is 0 Å². The zero-order valence-corrected chi connectivity index (χ0v) is 3.57. The van der Waals surface area contributed by atoms with Crippen molar-refractivity contribution in [2.45, 2.75) is 25.6 Å². The molecule has 0 saturated heterocycles. The Hall–Kier alpha value is 0. The Morgan fingerprint density at radius 2 is 2.67 bits per heavy atom. The van der Waals surface area contributed by atoms with Crippen LogP contribution in [0.25, 0.3) is 0 Å². The van der Waals surface area contributed by atoms with E-state index in [1.165, 1.54) is 0 Å². The van der Waals surface area contributed by atoms with E-state index in [4.69, 9.17) is 5.48 Å². The summed E-state index contributed by atoms with van der Waals surface area (Å²) in [5, 5.41) is 0. The predicted molar refractivity (Wildman–Crippen MR) is 25.4 cm³/mol. The van der Waals surface area contributed by atoms with Crippen LogP contribution in [0.5, 0.6) is 0 Å². The molecule has 0 radical (unpaired) electrons. The lowest BCUT2D eigenvalue weighted by Crippen LogP contribution is -2.34. The van der Waals surface area contributed by atoms with E-state index >= 15 is 0 Å². The van der Waals surface area contributed by atoms with Crippen molar-refractivity contribution in [3.63, 3.8) is 0 Å². The first kappa shape index (κ1) is 1.24.